The molecule has 6 nitrogen and oxygen atoms in total. The third-order valence-electron chi connectivity index (χ3n) is 2.75. The topological polar surface area (TPSA) is 96.7 Å². The molecular formula is C13H17N5OS. The summed E-state index contributed by atoms with van der Waals surface area (Å²) in [7, 11) is 0. The van der Waals surface area contributed by atoms with Crippen LogP contribution < -0.4 is 11.1 Å². The molecule has 0 saturated heterocycles. The third-order valence-corrected chi connectivity index (χ3v) is 3.71. The number of benzene rings is 1. The van der Waals surface area contributed by atoms with Crippen molar-refractivity contribution < 1.29 is 4.79 Å². The van der Waals surface area contributed by atoms with Crippen molar-refractivity contribution in [3.63, 3.8) is 0 Å². The fraction of sp³-hybridized carbons (Fsp3) is 0.308. The summed E-state index contributed by atoms with van der Waals surface area (Å²) in [5.74, 6) is 0.623. The Morgan fingerprint density at radius 3 is 2.85 bits per heavy atom. The van der Waals surface area contributed by atoms with Gasteiger partial charge in [0.1, 0.15) is 5.82 Å². The van der Waals surface area contributed by atoms with Crippen molar-refractivity contribution in [2.75, 3.05) is 11.1 Å². The second kappa shape index (κ2) is 5.96. The van der Waals surface area contributed by atoms with E-state index in [1.165, 1.54) is 11.8 Å². The van der Waals surface area contributed by atoms with E-state index >= 15 is 0 Å². The Hall–Kier alpha value is -2.02. The van der Waals surface area contributed by atoms with E-state index in [1.807, 2.05) is 26.8 Å². The molecule has 0 spiro atoms. The Bertz CT molecular complexity index is 625. The van der Waals surface area contributed by atoms with Gasteiger partial charge in [-0.1, -0.05) is 17.8 Å². The van der Waals surface area contributed by atoms with Gasteiger partial charge in [0.15, 0.2) is 0 Å². The number of aromatic nitrogens is 3. The van der Waals surface area contributed by atoms with E-state index in [0.29, 0.717) is 10.8 Å². The summed E-state index contributed by atoms with van der Waals surface area (Å²) < 4.78 is 0. The summed E-state index contributed by atoms with van der Waals surface area (Å²) >= 11 is 1.31. The number of carbonyl (C=O) groups is 1. The van der Waals surface area contributed by atoms with Crippen LogP contribution in [0.15, 0.2) is 23.4 Å². The molecule has 1 unspecified atom stereocenters. The zero-order valence-corrected chi connectivity index (χ0v) is 12.4. The number of H-pyrrole nitrogens is 1. The van der Waals surface area contributed by atoms with Gasteiger partial charge in [-0.25, -0.2) is 4.98 Å². The number of aryl methyl sites for hydroxylation is 2. The number of nitrogens with two attached hydrogens (primary N) is 1. The van der Waals surface area contributed by atoms with Crippen molar-refractivity contribution in [2.24, 2.45) is 0 Å². The Morgan fingerprint density at radius 2 is 2.20 bits per heavy atom. The number of hydrogen-bond donors (Lipinski definition) is 3. The molecule has 1 amide bonds. The van der Waals surface area contributed by atoms with Crippen LogP contribution in [-0.4, -0.2) is 26.3 Å². The number of anilines is 2. The number of nitrogens with one attached hydrogen (secondary N) is 2. The average molecular weight is 291 g/mol. The SMILES string of the molecule is Cc1nc(SC(C)C(=O)Nc2cc(N)ccc2C)n[nH]1. The van der Waals surface area contributed by atoms with Gasteiger partial charge in [-0.2, -0.15) is 0 Å². The Balaban J connectivity index is 2.02. The highest BCUT2D eigenvalue weighted by atomic mass is 32.2. The van der Waals surface area contributed by atoms with Gasteiger partial charge in [-0.05, 0) is 38.5 Å². The van der Waals surface area contributed by atoms with Crippen molar-refractivity contribution in [3.8, 4) is 0 Å². The molecule has 7 heteroatoms. The molecule has 2 rings (SSSR count). The molecule has 0 saturated carbocycles. The van der Waals surface area contributed by atoms with Gasteiger partial charge in [-0.15, -0.1) is 5.10 Å². The summed E-state index contributed by atoms with van der Waals surface area (Å²) in [5.41, 5.74) is 8.05. The number of nitrogens with zero attached hydrogens (tertiary/aromatic N) is 2. The smallest absolute Gasteiger partial charge is 0.237 e. The normalized spacial score (nSPS) is 12.2. The van der Waals surface area contributed by atoms with E-state index in [-0.39, 0.29) is 11.2 Å². The van der Waals surface area contributed by atoms with E-state index in [4.69, 9.17) is 5.73 Å². The summed E-state index contributed by atoms with van der Waals surface area (Å²) in [4.78, 5) is 16.3. The first-order valence-corrected chi connectivity index (χ1v) is 7.06. The van der Waals surface area contributed by atoms with E-state index in [0.717, 1.165) is 17.1 Å². The predicted molar refractivity (Wildman–Crippen MR) is 80.7 cm³/mol. The van der Waals surface area contributed by atoms with Crippen LogP contribution in [0.1, 0.15) is 18.3 Å². The molecular weight excluding hydrogens is 274 g/mol. The summed E-state index contributed by atoms with van der Waals surface area (Å²) in [6, 6.07) is 5.43. The van der Waals surface area contributed by atoms with Gasteiger partial charge in [0.25, 0.3) is 0 Å². The van der Waals surface area contributed by atoms with Crippen LogP contribution in [-0.2, 0) is 4.79 Å². The third kappa shape index (κ3) is 3.51. The van der Waals surface area contributed by atoms with Crippen LogP contribution in [0, 0.1) is 13.8 Å². The minimum atomic E-state index is -0.300. The molecule has 1 aromatic carbocycles. The summed E-state index contributed by atoms with van der Waals surface area (Å²) in [6.45, 7) is 5.55. The first-order valence-electron chi connectivity index (χ1n) is 6.18. The van der Waals surface area contributed by atoms with Crippen molar-refractivity contribution in [1.82, 2.24) is 15.2 Å². The van der Waals surface area contributed by atoms with E-state index in [2.05, 4.69) is 20.5 Å². The number of rotatable bonds is 4. The van der Waals surface area contributed by atoms with Gasteiger partial charge in [0.05, 0.1) is 5.25 Å². The quantitative estimate of drug-likeness (QED) is 0.592. The van der Waals surface area contributed by atoms with Crippen LogP contribution >= 0.6 is 11.8 Å². The highest BCUT2D eigenvalue weighted by Gasteiger charge is 2.17. The van der Waals surface area contributed by atoms with Crippen LogP contribution in [0.3, 0.4) is 0 Å². The lowest BCUT2D eigenvalue weighted by Gasteiger charge is -2.12. The minimum absolute atomic E-state index is 0.105. The lowest BCUT2D eigenvalue weighted by molar-refractivity contribution is -0.115. The Labute approximate surface area is 121 Å². The standard InChI is InChI=1S/C13H17N5OS/c1-7-4-5-10(14)6-11(7)16-12(19)8(2)20-13-15-9(3)17-18-13/h4-6,8H,14H2,1-3H3,(H,16,19)(H,15,17,18). The first kappa shape index (κ1) is 14.4. The molecule has 1 heterocycles. The largest absolute Gasteiger partial charge is 0.399 e. The molecule has 0 fully saturated rings. The second-order valence-electron chi connectivity index (χ2n) is 4.53. The Kier molecular flexibility index (Phi) is 4.29. The number of aromatic amines is 1. The molecule has 0 radical (unpaired) electrons. The highest BCUT2D eigenvalue weighted by molar-refractivity contribution is 8.00. The molecule has 2 aromatic rings. The van der Waals surface area contributed by atoms with E-state index in [1.54, 1.807) is 12.1 Å². The lowest BCUT2D eigenvalue weighted by Crippen LogP contribution is -2.23. The molecule has 1 atom stereocenters. The fourth-order valence-corrected chi connectivity index (χ4v) is 2.37. The van der Waals surface area contributed by atoms with E-state index in [9.17, 15) is 4.79 Å². The Morgan fingerprint density at radius 1 is 1.45 bits per heavy atom. The molecule has 106 valence electrons. The maximum Gasteiger partial charge on any atom is 0.237 e. The van der Waals surface area contributed by atoms with Gasteiger partial charge in [0, 0.05) is 11.4 Å². The number of hydrogen-bond acceptors (Lipinski definition) is 5. The summed E-state index contributed by atoms with van der Waals surface area (Å²) in [5, 5.41) is 9.89. The lowest BCUT2D eigenvalue weighted by atomic mass is 10.2. The first-order chi connectivity index (χ1) is 9.45. The van der Waals surface area contributed by atoms with Gasteiger partial charge in [0.2, 0.25) is 11.1 Å². The van der Waals surface area contributed by atoms with Crippen molar-refractivity contribution in [3.05, 3.63) is 29.6 Å². The molecule has 20 heavy (non-hydrogen) atoms. The minimum Gasteiger partial charge on any atom is -0.399 e. The average Bonchev–Trinajstić information content (AvgIpc) is 2.79. The molecule has 0 bridgehead atoms. The van der Waals surface area contributed by atoms with Crippen LogP contribution in [0.2, 0.25) is 0 Å². The number of nitrogen functional groups attached to an aromatic ring is 1. The summed E-state index contributed by atoms with van der Waals surface area (Å²) in [6.07, 6.45) is 0. The van der Waals surface area contributed by atoms with E-state index < -0.39 is 0 Å². The molecule has 4 N–H and O–H groups in total. The van der Waals surface area contributed by atoms with Gasteiger partial charge in [-0.3, -0.25) is 9.89 Å². The molecule has 1 aromatic heterocycles. The number of carbonyl (C=O) groups excluding carboxylic acids is 1. The van der Waals surface area contributed by atoms with Gasteiger partial charge < -0.3 is 11.1 Å². The monoisotopic (exact) mass is 291 g/mol. The van der Waals surface area contributed by atoms with Gasteiger partial charge >= 0.3 is 0 Å². The number of amides is 1. The van der Waals surface area contributed by atoms with Crippen molar-refractivity contribution in [1.29, 1.82) is 0 Å². The fourth-order valence-electron chi connectivity index (χ4n) is 1.60. The number of thioether (sulfide) groups is 1. The van der Waals surface area contributed by atoms with Crippen molar-refractivity contribution >= 4 is 29.0 Å². The predicted octanol–water partition coefficient (Wildman–Crippen LogP) is 2.12. The van der Waals surface area contributed by atoms with Crippen LogP contribution in [0.4, 0.5) is 11.4 Å². The maximum absolute atomic E-state index is 12.1. The molecule has 0 aliphatic rings. The highest BCUT2D eigenvalue weighted by Crippen LogP contribution is 2.22. The molecule has 0 aliphatic heterocycles. The zero-order valence-electron chi connectivity index (χ0n) is 11.6. The zero-order chi connectivity index (χ0) is 14.7. The second-order valence-corrected chi connectivity index (χ2v) is 5.84. The van der Waals surface area contributed by atoms with Crippen LogP contribution in [0.25, 0.3) is 0 Å². The molecule has 0 aliphatic carbocycles. The maximum atomic E-state index is 12.1. The van der Waals surface area contributed by atoms with Crippen molar-refractivity contribution in [2.45, 2.75) is 31.2 Å². The van der Waals surface area contributed by atoms with Crippen LogP contribution in [0.5, 0.6) is 0 Å².